The first-order valence-corrected chi connectivity index (χ1v) is 14.0. The summed E-state index contributed by atoms with van der Waals surface area (Å²) in [5.74, 6) is -2.33. The van der Waals surface area contributed by atoms with Gasteiger partial charge >= 0.3 is 5.97 Å². The Labute approximate surface area is 225 Å². The van der Waals surface area contributed by atoms with E-state index in [1.54, 1.807) is 27.6 Å². The molecule has 7 atom stereocenters. The lowest BCUT2D eigenvalue weighted by Crippen LogP contribution is -2.57. The molecular weight excluding hydrogens is 544 g/mol. The number of esters is 1. The van der Waals surface area contributed by atoms with Crippen LogP contribution in [0.4, 0.5) is 0 Å². The van der Waals surface area contributed by atoms with Crippen LogP contribution in [-0.2, 0) is 19.1 Å². The van der Waals surface area contributed by atoms with E-state index in [9.17, 15) is 19.5 Å². The minimum absolute atomic E-state index is 0.0562. The van der Waals surface area contributed by atoms with Crippen molar-refractivity contribution in [1.82, 2.24) is 9.80 Å². The zero-order chi connectivity index (χ0) is 26.2. The van der Waals surface area contributed by atoms with E-state index >= 15 is 0 Å². The molecule has 194 valence electrons. The zero-order valence-corrected chi connectivity index (χ0v) is 23.0. The molecule has 3 aliphatic rings. The highest BCUT2D eigenvalue weighted by Gasteiger charge is 2.76. The Kier molecular flexibility index (Phi) is 8.02. The molecule has 2 amide bonds. The minimum atomic E-state index is -0.845. The van der Waals surface area contributed by atoms with Crippen LogP contribution in [0.25, 0.3) is 0 Å². The van der Waals surface area contributed by atoms with Gasteiger partial charge in [-0.3, -0.25) is 14.4 Å². The van der Waals surface area contributed by atoms with E-state index in [-0.39, 0.29) is 41.1 Å². The second-order valence-electron chi connectivity index (χ2n) is 9.81. The molecule has 3 aliphatic heterocycles. The van der Waals surface area contributed by atoms with Crippen molar-refractivity contribution in [3.8, 4) is 0 Å². The van der Waals surface area contributed by atoms with Gasteiger partial charge in [-0.1, -0.05) is 65.0 Å². The molecule has 0 aliphatic carbocycles. The van der Waals surface area contributed by atoms with Crippen molar-refractivity contribution in [2.75, 3.05) is 19.8 Å². The third-order valence-electron chi connectivity index (χ3n) is 7.50. The molecule has 9 heteroatoms. The van der Waals surface area contributed by atoms with E-state index in [2.05, 4.69) is 29.1 Å². The van der Waals surface area contributed by atoms with E-state index in [0.29, 0.717) is 13.0 Å². The fraction of sp³-hybridized carbons (Fsp3) is 0.519. The topological polar surface area (TPSA) is 87.1 Å². The quantitative estimate of drug-likeness (QED) is 0.261. The maximum Gasteiger partial charge on any atom is 0.311 e. The summed E-state index contributed by atoms with van der Waals surface area (Å²) in [5.41, 5.74) is 0.739. The highest BCUT2D eigenvalue weighted by atomic mass is 79.9. The van der Waals surface area contributed by atoms with Gasteiger partial charge in [0, 0.05) is 22.7 Å². The third-order valence-corrected chi connectivity index (χ3v) is 10.7. The number of benzene rings is 1. The Morgan fingerprint density at radius 1 is 1.31 bits per heavy atom. The fourth-order valence-electron chi connectivity index (χ4n) is 6.07. The minimum Gasteiger partial charge on any atom is -0.461 e. The van der Waals surface area contributed by atoms with E-state index in [1.807, 2.05) is 44.2 Å². The number of rotatable bonds is 10. The second-order valence-corrected chi connectivity index (χ2v) is 12.5. The lowest BCUT2D eigenvalue weighted by molar-refractivity contribution is -0.153. The van der Waals surface area contributed by atoms with Gasteiger partial charge in [0.05, 0.1) is 29.2 Å². The van der Waals surface area contributed by atoms with E-state index in [1.165, 1.54) is 6.08 Å². The number of fused-ring (bicyclic) bond motifs is 1. The molecule has 1 spiro atoms. The molecule has 0 saturated carbocycles. The number of aliphatic hydroxyl groups excluding tert-OH is 1. The highest BCUT2D eigenvalue weighted by Crippen LogP contribution is 2.68. The molecular formula is C27H33BrN2O5S. The third kappa shape index (κ3) is 4.23. The summed E-state index contributed by atoms with van der Waals surface area (Å²) in [7, 11) is 0. The summed E-state index contributed by atoms with van der Waals surface area (Å²) >= 11 is 5.30. The molecule has 0 radical (unpaired) electrons. The number of thioether (sulfide) groups is 1. The first-order chi connectivity index (χ1) is 17.2. The van der Waals surface area contributed by atoms with Crippen LogP contribution in [0.3, 0.4) is 0 Å². The summed E-state index contributed by atoms with van der Waals surface area (Å²) in [6, 6.07) is 7.56. The molecule has 2 bridgehead atoms. The van der Waals surface area contributed by atoms with Gasteiger partial charge in [0.25, 0.3) is 0 Å². The second kappa shape index (κ2) is 10.7. The molecule has 1 aromatic carbocycles. The summed E-state index contributed by atoms with van der Waals surface area (Å²) in [4.78, 5) is 45.0. The van der Waals surface area contributed by atoms with Crippen molar-refractivity contribution >= 4 is 45.5 Å². The number of halogens is 1. The first-order valence-electron chi connectivity index (χ1n) is 12.2. The smallest absolute Gasteiger partial charge is 0.311 e. The van der Waals surface area contributed by atoms with Gasteiger partial charge in [-0.2, -0.15) is 0 Å². The number of aliphatic hydroxyl groups is 1. The Hall–Kier alpha value is -2.10. The van der Waals surface area contributed by atoms with Crippen LogP contribution in [0.15, 0.2) is 55.6 Å². The fourth-order valence-corrected chi connectivity index (χ4v) is 9.65. The van der Waals surface area contributed by atoms with Crippen LogP contribution in [0.2, 0.25) is 0 Å². The molecule has 3 heterocycles. The number of alkyl halides is 1. The molecule has 7 nitrogen and oxygen atoms in total. The van der Waals surface area contributed by atoms with Crippen molar-refractivity contribution in [3.63, 3.8) is 0 Å². The zero-order valence-electron chi connectivity index (χ0n) is 20.6. The Bertz CT molecular complexity index is 1040. The molecule has 4 rings (SSSR count). The maximum absolute atomic E-state index is 14.3. The van der Waals surface area contributed by atoms with Gasteiger partial charge in [0.15, 0.2) is 0 Å². The van der Waals surface area contributed by atoms with Gasteiger partial charge in [0.1, 0.15) is 12.6 Å². The normalized spacial score (nSPS) is 31.3. The van der Waals surface area contributed by atoms with Gasteiger partial charge in [0.2, 0.25) is 11.8 Å². The maximum atomic E-state index is 14.3. The average molecular weight is 578 g/mol. The lowest BCUT2D eigenvalue weighted by Gasteiger charge is -2.41. The number of nitrogens with zero attached hydrogens (tertiary/aromatic N) is 2. The molecule has 1 N–H and O–H groups in total. The van der Waals surface area contributed by atoms with Crippen molar-refractivity contribution in [2.45, 2.75) is 53.2 Å². The van der Waals surface area contributed by atoms with E-state index < -0.39 is 34.6 Å². The summed E-state index contributed by atoms with van der Waals surface area (Å²) in [6.07, 6.45) is 3.74. The average Bonchev–Trinajstić information content (AvgIpc) is 3.45. The largest absolute Gasteiger partial charge is 0.461 e. The van der Waals surface area contributed by atoms with Crippen molar-refractivity contribution < 1.29 is 24.2 Å². The Morgan fingerprint density at radius 2 is 2.00 bits per heavy atom. The number of carbonyl (C=O) groups excluding carboxylic acids is 3. The highest BCUT2D eigenvalue weighted by molar-refractivity contribution is 9.09. The van der Waals surface area contributed by atoms with Gasteiger partial charge in [-0.15, -0.1) is 18.3 Å². The number of carbonyl (C=O) groups is 3. The standard InChI is InChI=1S/C27H33BrN2O5S/c1-5-12-29(16(3)4)25(33)23-27-14-18(28)22(36-27)20(26(34)35-13-6-2)21(27)24(32)30(23)19(15-31)17-10-8-7-9-11-17/h5-11,16,18-23,31H,1-2,12-15H2,3-4H3/t18?,19-,20+,21+,22+,23?,27?/m1/s1. The van der Waals surface area contributed by atoms with Crippen LogP contribution >= 0.6 is 27.7 Å². The molecule has 3 fully saturated rings. The predicted molar refractivity (Wildman–Crippen MR) is 144 cm³/mol. The summed E-state index contributed by atoms with van der Waals surface area (Å²) < 4.78 is 4.62. The number of ether oxygens (including phenoxy) is 1. The van der Waals surface area contributed by atoms with Crippen molar-refractivity contribution in [3.05, 3.63) is 61.2 Å². The predicted octanol–water partition coefficient (Wildman–Crippen LogP) is 3.34. The molecule has 3 saturated heterocycles. The van der Waals surface area contributed by atoms with Crippen molar-refractivity contribution in [2.24, 2.45) is 11.8 Å². The number of hydrogen-bond donors (Lipinski definition) is 1. The van der Waals surface area contributed by atoms with Crippen LogP contribution in [0.1, 0.15) is 31.9 Å². The Morgan fingerprint density at radius 3 is 2.58 bits per heavy atom. The van der Waals surface area contributed by atoms with Crippen molar-refractivity contribution in [1.29, 1.82) is 0 Å². The van der Waals surface area contributed by atoms with Crippen LogP contribution in [-0.4, -0.2) is 79.4 Å². The summed E-state index contributed by atoms with van der Waals surface area (Å²) in [6.45, 7) is 11.3. The number of amides is 2. The van der Waals surface area contributed by atoms with Gasteiger partial charge < -0.3 is 19.6 Å². The number of likely N-dealkylation sites (tertiary alicyclic amines) is 1. The number of hydrogen-bond acceptors (Lipinski definition) is 6. The van der Waals surface area contributed by atoms with E-state index in [0.717, 1.165) is 5.56 Å². The summed E-state index contributed by atoms with van der Waals surface area (Å²) in [5, 5.41) is 10.3. The molecule has 0 aromatic heterocycles. The van der Waals surface area contributed by atoms with Crippen LogP contribution in [0, 0.1) is 11.8 Å². The van der Waals surface area contributed by atoms with Gasteiger partial charge in [-0.25, -0.2) is 0 Å². The monoisotopic (exact) mass is 576 g/mol. The molecule has 36 heavy (non-hydrogen) atoms. The first kappa shape index (κ1) is 26.9. The molecule has 3 unspecified atom stereocenters. The lowest BCUT2D eigenvalue weighted by atomic mass is 9.71. The molecule has 1 aromatic rings. The van der Waals surface area contributed by atoms with Crippen LogP contribution < -0.4 is 0 Å². The van der Waals surface area contributed by atoms with Crippen LogP contribution in [0.5, 0.6) is 0 Å². The Balaban J connectivity index is 1.85. The van der Waals surface area contributed by atoms with E-state index in [4.69, 9.17) is 4.74 Å². The SMILES string of the molecule is C=CCOC(=O)[C@H]1[C@H]2C(=O)N([C@H](CO)c3ccccc3)C(C(=O)N(CC=C)C(C)C)C23CC(Br)[C@@H]1S3. The van der Waals surface area contributed by atoms with Gasteiger partial charge in [-0.05, 0) is 25.8 Å².